The van der Waals surface area contributed by atoms with E-state index in [0.29, 0.717) is 11.5 Å². The van der Waals surface area contributed by atoms with Gasteiger partial charge in [0.2, 0.25) is 0 Å². The molecular weight excluding hydrogens is 250 g/mol. The Hall–Kier alpha value is -2.68. The van der Waals surface area contributed by atoms with Gasteiger partial charge in [-0.3, -0.25) is 0 Å². The van der Waals surface area contributed by atoms with Crippen molar-refractivity contribution in [3.05, 3.63) is 53.2 Å². The minimum absolute atomic E-state index is 0.0950. The highest BCUT2D eigenvalue weighted by atomic mass is 19.1. The van der Waals surface area contributed by atoms with Crippen LogP contribution >= 0.6 is 0 Å². The van der Waals surface area contributed by atoms with Crippen molar-refractivity contribution in [3.8, 4) is 6.07 Å². The molecule has 4 nitrogen and oxygen atoms in total. The fraction of sp³-hybridized carbons (Fsp3) is 0.0769. The summed E-state index contributed by atoms with van der Waals surface area (Å²) in [6, 6.07) is 6.71. The van der Waals surface area contributed by atoms with Crippen LogP contribution in [-0.2, 0) is 6.54 Å². The zero-order valence-electron chi connectivity index (χ0n) is 9.82. The first kappa shape index (κ1) is 12.8. The summed E-state index contributed by atoms with van der Waals surface area (Å²) in [5, 5.41) is 11.7. The Morgan fingerprint density at radius 1 is 1.32 bits per heavy atom. The van der Waals surface area contributed by atoms with Crippen LogP contribution in [-0.4, -0.2) is 4.98 Å². The molecule has 3 N–H and O–H groups in total. The van der Waals surface area contributed by atoms with Crippen molar-refractivity contribution in [1.82, 2.24) is 4.98 Å². The molecule has 0 spiro atoms. The third-order valence-electron chi connectivity index (χ3n) is 2.49. The predicted octanol–water partition coefficient (Wildman–Crippen LogP) is 2.43. The summed E-state index contributed by atoms with van der Waals surface area (Å²) in [4.78, 5) is 3.96. The summed E-state index contributed by atoms with van der Waals surface area (Å²) < 4.78 is 26.2. The molecule has 0 aliphatic heterocycles. The van der Waals surface area contributed by atoms with Gasteiger partial charge in [-0.1, -0.05) is 6.07 Å². The van der Waals surface area contributed by atoms with Gasteiger partial charge in [0.1, 0.15) is 23.5 Å². The molecule has 0 atom stereocenters. The lowest BCUT2D eigenvalue weighted by molar-refractivity contribution is 0.574. The molecule has 0 bridgehead atoms. The first-order valence-corrected chi connectivity index (χ1v) is 5.43. The van der Waals surface area contributed by atoms with Crippen LogP contribution in [0.25, 0.3) is 0 Å². The number of benzene rings is 1. The zero-order chi connectivity index (χ0) is 13.8. The van der Waals surface area contributed by atoms with E-state index in [4.69, 9.17) is 11.0 Å². The number of halogens is 2. The molecule has 0 amide bonds. The van der Waals surface area contributed by atoms with Crippen LogP contribution in [0.3, 0.4) is 0 Å². The summed E-state index contributed by atoms with van der Waals surface area (Å²) in [5.41, 5.74) is 6.43. The molecule has 1 aromatic carbocycles. The van der Waals surface area contributed by atoms with E-state index in [0.717, 1.165) is 6.07 Å². The van der Waals surface area contributed by atoms with Crippen LogP contribution in [0, 0.1) is 23.0 Å². The van der Waals surface area contributed by atoms with Gasteiger partial charge < -0.3 is 11.1 Å². The highest BCUT2D eigenvalue weighted by Crippen LogP contribution is 2.16. The maximum absolute atomic E-state index is 13.4. The van der Waals surface area contributed by atoms with E-state index in [-0.39, 0.29) is 17.7 Å². The molecule has 2 aromatic rings. The third kappa shape index (κ3) is 2.96. The topological polar surface area (TPSA) is 74.7 Å². The number of nitrogen functional groups attached to an aromatic ring is 1. The Kier molecular flexibility index (Phi) is 3.57. The van der Waals surface area contributed by atoms with Gasteiger partial charge in [0.05, 0.1) is 17.4 Å². The number of nitrogens with zero attached hydrogens (tertiary/aromatic N) is 2. The van der Waals surface area contributed by atoms with Gasteiger partial charge in [-0.2, -0.15) is 5.26 Å². The van der Waals surface area contributed by atoms with E-state index >= 15 is 0 Å². The van der Waals surface area contributed by atoms with Crippen molar-refractivity contribution >= 4 is 11.5 Å². The molecule has 0 aliphatic carbocycles. The van der Waals surface area contributed by atoms with Crippen LogP contribution < -0.4 is 11.1 Å². The normalized spacial score (nSPS) is 9.95. The molecule has 0 aliphatic rings. The van der Waals surface area contributed by atoms with E-state index in [2.05, 4.69) is 10.3 Å². The zero-order valence-corrected chi connectivity index (χ0v) is 9.82. The van der Waals surface area contributed by atoms with E-state index in [1.807, 2.05) is 6.07 Å². The van der Waals surface area contributed by atoms with Crippen LogP contribution in [0.2, 0.25) is 0 Å². The van der Waals surface area contributed by atoms with E-state index in [1.165, 1.54) is 24.4 Å². The first-order valence-electron chi connectivity index (χ1n) is 5.43. The van der Waals surface area contributed by atoms with Crippen LogP contribution in [0.1, 0.15) is 11.1 Å². The molecule has 6 heteroatoms. The van der Waals surface area contributed by atoms with E-state index in [9.17, 15) is 8.78 Å². The second kappa shape index (κ2) is 5.31. The Bertz CT molecular complexity index is 650. The van der Waals surface area contributed by atoms with Gasteiger partial charge in [0.15, 0.2) is 0 Å². The van der Waals surface area contributed by atoms with Crippen molar-refractivity contribution in [1.29, 1.82) is 5.26 Å². The Balaban J connectivity index is 2.17. The monoisotopic (exact) mass is 260 g/mol. The molecule has 0 radical (unpaired) electrons. The smallest absolute Gasteiger partial charge is 0.144 e. The number of nitrogens with one attached hydrogen (secondary N) is 1. The molecule has 1 aromatic heterocycles. The molecule has 1 heterocycles. The average molecular weight is 260 g/mol. The van der Waals surface area contributed by atoms with Gasteiger partial charge >= 0.3 is 0 Å². The number of rotatable bonds is 3. The van der Waals surface area contributed by atoms with Gasteiger partial charge in [-0.25, -0.2) is 13.8 Å². The second-order valence-corrected chi connectivity index (χ2v) is 3.87. The van der Waals surface area contributed by atoms with Crippen LogP contribution in [0.4, 0.5) is 20.3 Å². The van der Waals surface area contributed by atoms with Crippen LogP contribution in [0.15, 0.2) is 30.5 Å². The quantitative estimate of drug-likeness (QED) is 0.888. The summed E-state index contributed by atoms with van der Waals surface area (Å²) in [5.74, 6) is -0.980. The summed E-state index contributed by atoms with van der Waals surface area (Å²) in [6.07, 6.45) is 1.39. The molecule has 0 fully saturated rings. The van der Waals surface area contributed by atoms with Crippen molar-refractivity contribution in [2.24, 2.45) is 0 Å². The average Bonchev–Trinajstić information content (AvgIpc) is 2.39. The number of pyridine rings is 1. The summed E-state index contributed by atoms with van der Waals surface area (Å²) in [6.45, 7) is 0.0950. The van der Waals surface area contributed by atoms with Crippen molar-refractivity contribution < 1.29 is 8.78 Å². The first-order chi connectivity index (χ1) is 9.10. The third-order valence-corrected chi connectivity index (χ3v) is 2.49. The fourth-order valence-corrected chi connectivity index (χ4v) is 1.55. The predicted molar refractivity (Wildman–Crippen MR) is 67.0 cm³/mol. The van der Waals surface area contributed by atoms with Gasteiger partial charge in [-0.05, 0) is 12.1 Å². The fourth-order valence-electron chi connectivity index (χ4n) is 1.55. The van der Waals surface area contributed by atoms with Crippen molar-refractivity contribution in [3.63, 3.8) is 0 Å². The Morgan fingerprint density at radius 3 is 2.79 bits per heavy atom. The highest BCUT2D eigenvalue weighted by molar-refractivity contribution is 5.57. The van der Waals surface area contributed by atoms with Gasteiger partial charge in [0, 0.05) is 18.2 Å². The Morgan fingerprint density at radius 2 is 2.11 bits per heavy atom. The highest BCUT2D eigenvalue weighted by Gasteiger charge is 2.07. The standard InChI is InChI=1S/C13H10F2N4/c14-10-2-1-8(12(15)4-10)6-18-13-9(5-16)3-11(17)7-19-13/h1-4,7H,6,17H2,(H,18,19). The number of nitriles is 1. The van der Waals surface area contributed by atoms with E-state index in [1.54, 1.807) is 0 Å². The number of anilines is 2. The minimum atomic E-state index is -0.651. The molecule has 2 rings (SSSR count). The molecule has 19 heavy (non-hydrogen) atoms. The SMILES string of the molecule is N#Cc1cc(N)cnc1NCc1ccc(F)cc1F. The molecule has 0 saturated heterocycles. The molecule has 96 valence electrons. The number of hydrogen-bond acceptors (Lipinski definition) is 4. The molecule has 0 unspecified atom stereocenters. The lowest BCUT2D eigenvalue weighted by Crippen LogP contribution is -2.06. The van der Waals surface area contributed by atoms with Gasteiger partial charge in [-0.15, -0.1) is 0 Å². The Labute approximate surface area is 108 Å². The lowest BCUT2D eigenvalue weighted by atomic mass is 10.2. The summed E-state index contributed by atoms with van der Waals surface area (Å²) >= 11 is 0. The van der Waals surface area contributed by atoms with E-state index < -0.39 is 11.6 Å². The van der Waals surface area contributed by atoms with Gasteiger partial charge in [0.25, 0.3) is 0 Å². The van der Waals surface area contributed by atoms with Crippen LogP contribution in [0.5, 0.6) is 0 Å². The van der Waals surface area contributed by atoms with Crippen molar-refractivity contribution in [2.75, 3.05) is 11.1 Å². The minimum Gasteiger partial charge on any atom is -0.397 e. The number of aromatic nitrogens is 1. The maximum atomic E-state index is 13.4. The number of nitrogens with two attached hydrogens (primary N) is 1. The lowest BCUT2D eigenvalue weighted by Gasteiger charge is -2.08. The summed E-state index contributed by atoms with van der Waals surface area (Å²) in [7, 11) is 0. The largest absolute Gasteiger partial charge is 0.397 e. The molecule has 0 saturated carbocycles. The van der Waals surface area contributed by atoms with Crippen molar-refractivity contribution in [2.45, 2.75) is 6.54 Å². The second-order valence-electron chi connectivity index (χ2n) is 3.87. The maximum Gasteiger partial charge on any atom is 0.144 e. The molecular formula is C13H10F2N4. The number of hydrogen-bond donors (Lipinski definition) is 2.